The maximum Gasteiger partial charge on any atom is 0.335 e. The first kappa shape index (κ1) is 34.0. The Morgan fingerprint density at radius 3 is 2.13 bits per heavy atom. The Kier molecular flexibility index (Phi) is 7.82. The van der Waals surface area contributed by atoms with Gasteiger partial charge in [0.25, 0.3) is 0 Å². The van der Waals surface area contributed by atoms with Gasteiger partial charge in [0, 0.05) is 5.92 Å². The van der Waals surface area contributed by atoms with Crippen molar-refractivity contribution in [2.75, 3.05) is 0 Å². The van der Waals surface area contributed by atoms with E-state index in [2.05, 4.69) is 41.5 Å². The molecular formula is C36H54O10. The van der Waals surface area contributed by atoms with Gasteiger partial charge in [0.2, 0.25) is 0 Å². The number of carboxylic acid groups (broad SMARTS) is 2. The third-order valence-electron chi connectivity index (χ3n) is 15.1. The van der Waals surface area contributed by atoms with Crippen LogP contribution in [0.2, 0.25) is 0 Å². The van der Waals surface area contributed by atoms with Crippen LogP contribution in [0.25, 0.3) is 0 Å². The number of aliphatic hydroxyl groups is 3. The fourth-order valence-corrected chi connectivity index (χ4v) is 11.9. The normalized spacial score (nSPS) is 53.1. The highest BCUT2D eigenvalue weighted by Crippen LogP contribution is 2.75. The fourth-order valence-electron chi connectivity index (χ4n) is 11.9. The summed E-state index contributed by atoms with van der Waals surface area (Å²) in [6.45, 7) is 15.3. The van der Waals surface area contributed by atoms with Crippen molar-refractivity contribution in [1.29, 1.82) is 0 Å². The van der Waals surface area contributed by atoms with Crippen molar-refractivity contribution in [3.63, 3.8) is 0 Å². The van der Waals surface area contributed by atoms with E-state index in [1.54, 1.807) is 0 Å². The molecule has 6 aliphatic rings. The fraction of sp³-hybridized carbons (Fsp3) is 0.861. The molecule has 5 N–H and O–H groups in total. The number of carbonyl (C=O) groups excluding carboxylic acids is 1. The Bertz CT molecular complexity index is 1340. The van der Waals surface area contributed by atoms with E-state index in [-0.39, 0.29) is 45.2 Å². The van der Waals surface area contributed by atoms with Gasteiger partial charge in [0.1, 0.15) is 18.3 Å². The predicted octanol–water partition coefficient (Wildman–Crippen LogP) is 4.33. The summed E-state index contributed by atoms with van der Waals surface area (Å²) in [6.07, 6.45) is 0.183. The van der Waals surface area contributed by atoms with Crippen LogP contribution in [0.5, 0.6) is 0 Å². The van der Waals surface area contributed by atoms with E-state index in [1.165, 1.54) is 5.57 Å². The molecule has 6 rings (SSSR count). The number of aliphatic carboxylic acids is 2. The van der Waals surface area contributed by atoms with Crippen LogP contribution in [0, 0.1) is 50.2 Å². The molecule has 1 aliphatic heterocycles. The molecule has 1 heterocycles. The minimum atomic E-state index is -1.79. The zero-order valence-corrected chi connectivity index (χ0v) is 28.4. The first-order valence-electron chi connectivity index (χ1n) is 17.2. The number of hydrogen-bond donors (Lipinski definition) is 5. The van der Waals surface area contributed by atoms with E-state index < -0.39 is 59.6 Å². The molecule has 46 heavy (non-hydrogen) atoms. The Balaban J connectivity index is 1.31. The highest BCUT2D eigenvalue weighted by Gasteiger charge is 2.70. The molecule has 258 valence electrons. The number of ether oxygens (including phenoxy) is 2. The summed E-state index contributed by atoms with van der Waals surface area (Å²) in [4.78, 5) is 38.7. The van der Waals surface area contributed by atoms with Gasteiger partial charge in [-0.3, -0.25) is 9.59 Å². The van der Waals surface area contributed by atoms with Crippen molar-refractivity contribution in [1.82, 2.24) is 0 Å². The zero-order chi connectivity index (χ0) is 34.0. The summed E-state index contributed by atoms with van der Waals surface area (Å²) in [5.74, 6) is -2.15. The molecule has 5 aliphatic carbocycles. The van der Waals surface area contributed by atoms with Crippen LogP contribution in [0.4, 0.5) is 0 Å². The van der Waals surface area contributed by atoms with Crippen molar-refractivity contribution in [2.45, 2.75) is 143 Å². The summed E-state index contributed by atoms with van der Waals surface area (Å²) in [5, 5.41) is 50.9. The molecule has 0 radical (unpaired) electrons. The third kappa shape index (κ3) is 4.49. The van der Waals surface area contributed by atoms with Crippen molar-refractivity contribution in [3.8, 4) is 0 Å². The first-order valence-corrected chi connectivity index (χ1v) is 17.2. The number of carboxylic acids is 2. The Morgan fingerprint density at radius 1 is 0.848 bits per heavy atom. The van der Waals surface area contributed by atoms with E-state index in [1.807, 2.05) is 13.0 Å². The minimum Gasteiger partial charge on any atom is -0.481 e. The number of carbonyl (C=O) groups is 3. The summed E-state index contributed by atoms with van der Waals surface area (Å²) in [6, 6.07) is 0. The monoisotopic (exact) mass is 646 g/mol. The number of fused-ring (bicyclic) bond motifs is 7. The van der Waals surface area contributed by atoms with Gasteiger partial charge in [0.05, 0.1) is 11.5 Å². The number of rotatable bonds is 4. The molecule has 14 atom stereocenters. The third-order valence-corrected chi connectivity index (χ3v) is 15.1. The maximum absolute atomic E-state index is 14.6. The Labute approximate surface area is 271 Å². The molecule has 10 heteroatoms. The molecule has 0 amide bonds. The smallest absolute Gasteiger partial charge is 0.335 e. The Hall–Kier alpha value is -1.85. The number of allylic oxidation sites excluding steroid dienone is 2. The molecule has 0 spiro atoms. The maximum atomic E-state index is 14.6. The topological polar surface area (TPSA) is 171 Å². The molecule has 0 aromatic rings. The van der Waals surface area contributed by atoms with E-state index in [9.17, 15) is 39.9 Å². The second-order valence-corrected chi connectivity index (χ2v) is 17.8. The van der Waals surface area contributed by atoms with Crippen molar-refractivity contribution >= 4 is 17.7 Å². The summed E-state index contributed by atoms with van der Waals surface area (Å²) in [7, 11) is 0. The quantitative estimate of drug-likeness (QED) is 0.277. The van der Waals surface area contributed by atoms with E-state index in [0.29, 0.717) is 25.7 Å². The lowest BCUT2D eigenvalue weighted by Gasteiger charge is -2.70. The Morgan fingerprint density at radius 2 is 1.50 bits per heavy atom. The van der Waals surface area contributed by atoms with Gasteiger partial charge in [-0.15, -0.1) is 0 Å². The second-order valence-electron chi connectivity index (χ2n) is 17.8. The lowest BCUT2D eigenvalue weighted by molar-refractivity contribution is -0.323. The molecule has 0 bridgehead atoms. The van der Waals surface area contributed by atoms with Crippen LogP contribution < -0.4 is 0 Å². The van der Waals surface area contributed by atoms with E-state index >= 15 is 0 Å². The van der Waals surface area contributed by atoms with Crippen LogP contribution >= 0.6 is 0 Å². The SMILES string of the molecule is CC1(C)[C@@H](OC2OC(C(=O)O)C(O)C(O)C2O)CC[C@@]2(C)[C@@H]1CC[C@]1(C)[C@H]2C(=O)C=C2[C@@H]3C[C@@](C)(C(=O)O)CC[C@]3(C)CC[C@]21C. The molecule has 0 aromatic heterocycles. The summed E-state index contributed by atoms with van der Waals surface area (Å²) >= 11 is 0. The molecule has 10 nitrogen and oxygen atoms in total. The predicted molar refractivity (Wildman–Crippen MR) is 166 cm³/mol. The largest absolute Gasteiger partial charge is 0.481 e. The molecular weight excluding hydrogens is 592 g/mol. The minimum absolute atomic E-state index is 0.0166. The van der Waals surface area contributed by atoms with Gasteiger partial charge in [0.15, 0.2) is 18.2 Å². The van der Waals surface area contributed by atoms with Crippen LogP contribution in [-0.2, 0) is 23.9 Å². The van der Waals surface area contributed by atoms with Gasteiger partial charge in [-0.1, -0.05) is 47.1 Å². The highest BCUT2D eigenvalue weighted by atomic mass is 16.7. The average Bonchev–Trinajstić information content (AvgIpc) is 2.96. The molecule has 5 fully saturated rings. The molecule has 4 saturated carbocycles. The summed E-state index contributed by atoms with van der Waals surface area (Å²) < 4.78 is 11.8. The second kappa shape index (κ2) is 10.6. The van der Waals surface area contributed by atoms with Gasteiger partial charge in [-0.2, -0.15) is 0 Å². The zero-order valence-electron chi connectivity index (χ0n) is 28.4. The van der Waals surface area contributed by atoms with Gasteiger partial charge in [-0.05, 0) is 110 Å². The first-order chi connectivity index (χ1) is 21.2. The number of aliphatic hydroxyl groups excluding tert-OH is 3. The van der Waals surface area contributed by atoms with Gasteiger partial charge in [-0.25, -0.2) is 4.79 Å². The molecule has 5 unspecified atom stereocenters. The number of hydrogen-bond acceptors (Lipinski definition) is 8. The lowest BCUT2D eigenvalue weighted by Crippen LogP contribution is -2.67. The van der Waals surface area contributed by atoms with Crippen LogP contribution in [0.3, 0.4) is 0 Å². The highest BCUT2D eigenvalue weighted by molar-refractivity contribution is 5.95. The standard InChI is InChI=1S/C36H54O10/c1-31(2)21-8-11-36(7)27(34(21,5)10-9-22(31)45-29-25(40)23(38)24(39)26(46-29)28(41)42)20(37)16-18-19-17-33(4,30(43)44)13-12-32(19,3)14-15-35(18,36)6/h16,19,21-27,29,38-40H,8-15,17H2,1-7H3,(H,41,42)(H,43,44)/t19-,21+,22-,23?,24?,25?,26?,27-,29?,32+,33-,34-,35+,36+/m0/s1. The van der Waals surface area contributed by atoms with E-state index in [0.717, 1.165) is 32.1 Å². The van der Waals surface area contributed by atoms with Crippen LogP contribution in [0.15, 0.2) is 11.6 Å². The molecule has 0 aromatic carbocycles. The molecule has 1 saturated heterocycles. The van der Waals surface area contributed by atoms with Crippen LogP contribution in [0.1, 0.15) is 106 Å². The van der Waals surface area contributed by atoms with E-state index in [4.69, 9.17) is 9.47 Å². The van der Waals surface area contributed by atoms with Crippen LogP contribution in [-0.4, -0.2) is 80.1 Å². The lowest BCUT2D eigenvalue weighted by atomic mass is 9.33. The van der Waals surface area contributed by atoms with Crippen molar-refractivity contribution in [2.24, 2.45) is 50.2 Å². The van der Waals surface area contributed by atoms with Gasteiger partial charge >= 0.3 is 11.9 Å². The average molecular weight is 647 g/mol. The summed E-state index contributed by atoms with van der Waals surface area (Å²) in [5.41, 5.74) is -1.03. The van der Waals surface area contributed by atoms with Gasteiger partial charge < -0.3 is 35.0 Å². The van der Waals surface area contributed by atoms with Crippen molar-refractivity contribution < 1.29 is 49.4 Å². The van der Waals surface area contributed by atoms with Crippen molar-refractivity contribution in [3.05, 3.63) is 11.6 Å². The number of ketones is 1.